The molecule has 1 unspecified atom stereocenters. The van der Waals surface area contributed by atoms with Gasteiger partial charge in [0.2, 0.25) is 5.91 Å². The number of rotatable bonds is 4. The zero-order valence-electron chi connectivity index (χ0n) is 14.4. The summed E-state index contributed by atoms with van der Waals surface area (Å²) in [5, 5.41) is 9.50. The molecule has 3 rings (SSSR count). The van der Waals surface area contributed by atoms with Gasteiger partial charge in [0, 0.05) is 26.6 Å². The number of amides is 2. The summed E-state index contributed by atoms with van der Waals surface area (Å²) in [5.74, 6) is -0.184. The van der Waals surface area contributed by atoms with Gasteiger partial charge >= 0.3 is 5.97 Å². The summed E-state index contributed by atoms with van der Waals surface area (Å²) >= 11 is 1.62. The molecule has 7 nitrogen and oxygen atoms in total. The molecule has 0 radical (unpaired) electrons. The molecule has 1 spiro atoms. The number of piperidine rings is 1. The van der Waals surface area contributed by atoms with Crippen LogP contribution in [0.25, 0.3) is 0 Å². The standard InChI is InChI=1S/C17H22N2O5S/c1-18-14(20)9-12(16(22)23)17(18)5-7-19(8-6-17)15(21)13-4-3-11(24-13)10-25-2/h3-4,12H,5-10H2,1-2H3,(H,22,23). The zero-order chi connectivity index (χ0) is 18.2. The number of thioether (sulfide) groups is 1. The molecular formula is C17H22N2O5S. The molecule has 0 saturated carbocycles. The van der Waals surface area contributed by atoms with Gasteiger partial charge < -0.3 is 19.3 Å². The first-order valence-corrected chi connectivity index (χ1v) is 9.65. The Labute approximate surface area is 150 Å². The minimum Gasteiger partial charge on any atom is -0.481 e. The largest absolute Gasteiger partial charge is 0.481 e. The Hall–Kier alpha value is -1.96. The van der Waals surface area contributed by atoms with Gasteiger partial charge in [-0.2, -0.15) is 11.8 Å². The summed E-state index contributed by atoms with van der Waals surface area (Å²) in [6, 6.07) is 3.49. The second kappa shape index (κ2) is 6.74. The van der Waals surface area contributed by atoms with Gasteiger partial charge in [-0.05, 0) is 31.2 Å². The van der Waals surface area contributed by atoms with E-state index < -0.39 is 17.4 Å². The van der Waals surface area contributed by atoms with Crippen LogP contribution in [0.2, 0.25) is 0 Å². The third kappa shape index (κ3) is 3.03. The molecule has 2 aliphatic heterocycles. The van der Waals surface area contributed by atoms with Crippen molar-refractivity contribution in [1.82, 2.24) is 9.80 Å². The van der Waals surface area contributed by atoms with Crippen LogP contribution in [0.15, 0.2) is 16.5 Å². The number of carbonyl (C=O) groups is 3. The number of aliphatic carboxylic acids is 1. The van der Waals surface area contributed by atoms with Gasteiger partial charge in [0.25, 0.3) is 5.91 Å². The monoisotopic (exact) mass is 366 g/mol. The summed E-state index contributed by atoms with van der Waals surface area (Å²) in [7, 11) is 1.67. The van der Waals surface area contributed by atoms with Crippen LogP contribution in [0, 0.1) is 5.92 Å². The van der Waals surface area contributed by atoms with E-state index in [1.54, 1.807) is 40.7 Å². The first-order chi connectivity index (χ1) is 11.9. The number of nitrogens with zero attached hydrogens (tertiary/aromatic N) is 2. The van der Waals surface area contributed by atoms with Crippen LogP contribution in [-0.2, 0) is 15.3 Å². The van der Waals surface area contributed by atoms with Gasteiger partial charge in [0.15, 0.2) is 5.76 Å². The lowest BCUT2D eigenvalue weighted by molar-refractivity contribution is -0.145. The van der Waals surface area contributed by atoms with Crippen molar-refractivity contribution in [2.24, 2.45) is 5.92 Å². The van der Waals surface area contributed by atoms with Crippen molar-refractivity contribution in [3.8, 4) is 0 Å². The minimum atomic E-state index is -0.940. The predicted octanol–water partition coefficient (Wildman–Crippen LogP) is 1.68. The van der Waals surface area contributed by atoms with Crippen molar-refractivity contribution in [3.63, 3.8) is 0 Å². The van der Waals surface area contributed by atoms with Crippen LogP contribution in [0.3, 0.4) is 0 Å². The average molecular weight is 366 g/mol. The van der Waals surface area contributed by atoms with Crippen molar-refractivity contribution >= 4 is 29.5 Å². The second-order valence-electron chi connectivity index (χ2n) is 6.64. The predicted molar refractivity (Wildman–Crippen MR) is 92.3 cm³/mol. The number of hydrogen-bond acceptors (Lipinski definition) is 5. The van der Waals surface area contributed by atoms with Gasteiger partial charge in [-0.1, -0.05) is 0 Å². The highest BCUT2D eigenvalue weighted by Gasteiger charge is 2.55. The topological polar surface area (TPSA) is 91.1 Å². The van der Waals surface area contributed by atoms with Gasteiger partial charge in [-0.25, -0.2) is 0 Å². The molecule has 1 atom stereocenters. The Bertz CT molecular complexity index is 693. The van der Waals surface area contributed by atoms with E-state index in [1.807, 2.05) is 6.26 Å². The Kier molecular flexibility index (Phi) is 4.81. The third-order valence-electron chi connectivity index (χ3n) is 5.44. The molecule has 1 aromatic heterocycles. The van der Waals surface area contributed by atoms with Crippen molar-refractivity contribution in [1.29, 1.82) is 0 Å². The summed E-state index contributed by atoms with van der Waals surface area (Å²) in [6.45, 7) is 0.831. The van der Waals surface area contributed by atoms with Crippen LogP contribution in [0.5, 0.6) is 0 Å². The molecule has 0 aliphatic carbocycles. The molecule has 136 valence electrons. The number of carboxylic acid groups (broad SMARTS) is 1. The van der Waals surface area contributed by atoms with E-state index in [9.17, 15) is 19.5 Å². The first kappa shape index (κ1) is 17.8. The zero-order valence-corrected chi connectivity index (χ0v) is 15.2. The fraction of sp³-hybridized carbons (Fsp3) is 0.588. The quantitative estimate of drug-likeness (QED) is 0.872. The summed E-state index contributed by atoms with van der Waals surface area (Å²) < 4.78 is 5.58. The molecule has 2 saturated heterocycles. The summed E-state index contributed by atoms with van der Waals surface area (Å²) in [5.41, 5.74) is -0.688. The minimum absolute atomic E-state index is 0.0377. The Morgan fingerprint density at radius 1 is 1.36 bits per heavy atom. The van der Waals surface area contributed by atoms with Crippen molar-refractivity contribution in [2.45, 2.75) is 30.6 Å². The van der Waals surface area contributed by atoms with Crippen LogP contribution in [0.4, 0.5) is 0 Å². The number of furan rings is 1. The van der Waals surface area contributed by atoms with E-state index in [0.717, 1.165) is 5.76 Å². The van der Waals surface area contributed by atoms with Crippen LogP contribution in [-0.4, -0.2) is 64.6 Å². The van der Waals surface area contributed by atoms with E-state index in [-0.39, 0.29) is 18.2 Å². The van der Waals surface area contributed by atoms with Crippen LogP contribution in [0.1, 0.15) is 35.6 Å². The molecule has 2 fully saturated rings. The normalized spacial score (nSPS) is 22.6. The second-order valence-corrected chi connectivity index (χ2v) is 7.51. The lowest BCUT2D eigenvalue weighted by atomic mass is 9.77. The Morgan fingerprint density at radius 3 is 2.64 bits per heavy atom. The van der Waals surface area contributed by atoms with E-state index in [2.05, 4.69) is 0 Å². The van der Waals surface area contributed by atoms with Crippen molar-refractivity contribution in [2.75, 3.05) is 26.4 Å². The molecule has 0 aromatic carbocycles. The Morgan fingerprint density at radius 2 is 2.04 bits per heavy atom. The molecular weight excluding hydrogens is 344 g/mol. The maximum absolute atomic E-state index is 12.6. The molecule has 1 N–H and O–H groups in total. The number of likely N-dealkylation sites (tertiary alicyclic amines) is 2. The van der Waals surface area contributed by atoms with Gasteiger partial charge in [0.1, 0.15) is 5.76 Å². The van der Waals surface area contributed by atoms with Crippen molar-refractivity contribution < 1.29 is 23.9 Å². The average Bonchev–Trinajstić information content (AvgIpc) is 3.15. The highest BCUT2D eigenvalue weighted by molar-refractivity contribution is 7.97. The smallest absolute Gasteiger partial charge is 0.309 e. The lowest BCUT2D eigenvalue weighted by Crippen LogP contribution is -2.56. The highest BCUT2D eigenvalue weighted by Crippen LogP contribution is 2.43. The fourth-order valence-corrected chi connectivity index (χ4v) is 4.39. The number of carboxylic acids is 1. The summed E-state index contributed by atoms with van der Waals surface area (Å²) in [4.78, 5) is 39.5. The van der Waals surface area contributed by atoms with Crippen LogP contribution >= 0.6 is 11.8 Å². The highest BCUT2D eigenvalue weighted by atomic mass is 32.2. The summed E-state index contributed by atoms with van der Waals surface area (Å²) in [6.07, 6.45) is 2.94. The maximum atomic E-state index is 12.6. The first-order valence-electron chi connectivity index (χ1n) is 8.25. The van der Waals surface area contributed by atoms with E-state index in [1.165, 1.54) is 0 Å². The fourth-order valence-electron chi connectivity index (χ4n) is 3.95. The SMILES string of the molecule is CSCc1ccc(C(=O)N2CCC3(CC2)C(C(=O)O)CC(=O)N3C)o1. The Balaban J connectivity index is 1.71. The van der Waals surface area contributed by atoms with Crippen LogP contribution < -0.4 is 0 Å². The van der Waals surface area contributed by atoms with Gasteiger partial charge in [-0.3, -0.25) is 14.4 Å². The maximum Gasteiger partial charge on any atom is 0.309 e. The lowest BCUT2D eigenvalue weighted by Gasteiger charge is -2.45. The van der Waals surface area contributed by atoms with E-state index >= 15 is 0 Å². The molecule has 0 bridgehead atoms. The molecule has 25 heavy (non-hydrogen) atoms. The number of carbonyl (C=O) groups excluding carboxylic acids is 2. The van der Waals surface area contributed by atoms with E-state index in [0.29, 0.717) is 37.4 Å². The molecule has 2 amide bonds. The third-order valence-corrected chi connectivity index (χ3v) is 6.02. The molecule has 8 heteroatoms. The molecule has 1 aromatic rings. The molecule has 3 heterocycles. The van der Waals surface area contributed by atoms with Gasteiger partial charge in [-0.15, -0.1) is 0 Å². The molecule has 2 aliphatic rings. The van der Waals surface area contributed by atoms with Crippen molar-refractivity contribution in [3.05, 3.63) is 23.7 Å². The van der Waals surface area contributed by atoms with Gasteiger partial charge in [0.05, 0.1) is 17.2 Å². The van der Waals surface area contributed by atoms with E-state index in [4.69, 9.17) is 4.42 Å². The number of hydrogen-bond donors (Lipinski definition) is 1.